The highest BCUT2D eigenvalue weighted by Gasteiger charge is 2.23. The third-order valence-corrected chi connectivity index (χ3v) is 4.94. The number of aromatic nitrogens is 1. The lowest BCUT2D eigenvalue weighted by Crippen LogP contribution is -2.29. The number of carbonyl (C=O) groups is 2. The summed E-state index contributed by atoms with van der Waals surface area (Å²) in [6, 6.07) is 13.1. The highest BCUT2D eigenvalue weighted by molar-refractivity contribution is 5.99. The van der Waals surface area contributed by atoms with Crippen LogP contribution in [-0.4, -0.2) is 37.1 Å². The van der Waals surface area contributed by atoms with Crippen LogP contribution >= 0.6 is 0 Å². The molecular weight excluding hydrogens is 356 g/mol. The molecule has 7 nitrogen and oxygen atoms in total. The van der Waals surface area contributed by atoms with Gasteiger partial charge in [0.15, 0.2) is 0 Å². The maximum atomic E-state index is 12.6. The van der Waals surface area contributed by atoms with Crippen LogP contribution in [0.1, 0.15) is 21.6 Å². The topological polar surface area (TPSA) is 86.5 Å². The number of hydrogen-bond donors (Lipinski definition) is 3. The number of aromatic amines is 1. The van der Waals surface area contributed by atoms with Crippen LogP contribution in [0.15, 0.2) is 42.5 Å². The van der Waals surface area contributed by atoms with Gasteiger partial charge in [0.25, 0.3) is 5.91 Å². The molecule has 3 N–H and O–H groups in total. The van der Waals surface area contributed by atoms with E-state index in [0.717, 1.165) is 33.6 Å². The zero-order chi connectivity index (χ0) is 19.7. The van der Waals surface area contributed by atoms with Crippen LogP contribution in [0.5, 0.6) is 5.75 Å². The maximum Gasteiger partial charge on any atom is 0.322 e. The van der Waals surface area contributed by atoms with E-state index < -0.39 is 0 Å². The number of carbonyl (C=O) groups excluding carboxylic acids is 2. The SMILES string of the molecule is COc1ccc2[nH]c(CNC(=O)c3ccc(C)c(N4CCNC4=O)c3)cc2c1. The zero-order valence-electron chi connectivity index (χ0n) is 15.8. The van der Waals surface area contributed by atoms with Crippen LogP contribution in [0.2, 0.25) is 0 Å². The second kappa shape index (κ2) is 7.26. The summed E-state index contributed by atoms with van der Waals surface area (Å²) in [4.78, 5) is 29.5. The number of methoxy groups -OCH3 is 1. The van der Waals surface area contributed by atoms with Crippen molar-refractivity contribution in [2.75, 3.05) is 25.1 Å². The maximum absolute atomic E-state index is 12.6. The molecule has 0 unspecified atom stereocenters. The number of anilines is 1. The molecule has 4 rings (SSSR count). The zero-order valence-corrected chi connectivity index (χ0v) is 15.8. The highest BCUT2D eigenvalue weighted by atomic mass is 16.5. The first kappa shape index (κ1) is 17.9. The summed E-state index contributed by atoms with van der Waals surface area (Å²) in [7, 11) is 1.64. The Hall–Kier alpha value is -3.48. The van der Waals surface area contributed by atoms with Crippen LogP contribution in [0.4, 0.5) is 10.5 Å². The van der Waals surface area contributed by atoms with Crippen molar-refractivity contribution in [3.8, 4) is 5.75 Å². The minimum atomic E-state index is -0.183. The molecule has 0 bridgehead atoms. The number of benzene rings is 2. The van der Waals surface area contributed by atoms with Gasteiger partial charge in [-0.1, -0.05) is 6.07 Å². The molecule has 7 heteroatoms. The lowest BCUT2D eigenvalue weighted by atomic mass is 10.1. The van der Waals surface area contributed by atoms with Crippen molar-refractivity contribution in [1.82, 2.24) is 15.6 Å². The lowest BCUT2D eigenvalue weighted by molar-refractivity contribution is 0.0950. The number of fused-ring (bicyclic) bond motifs is 1. The Kier molecular flexibility index (Phi) is 4.65. The van der Waals surface area contributed by atoms with E-state index in [9.17, 15) is 9.59 Å². The van der Waals surface area contributed by atoms with E-state index in [1.165, 1.54) is 0 Å². The van der Waals surface area contributed by atoms with E-state index >= 15 is 0 Å². The minimum absolute atomic E-state index is 0.130. The van der Waals surface area contributed by atoms with E-state index in [4.69, 9.17) is 4.74 Å². The van der Waals surface area contributed by atoms with Gasteiger partial charge < -0.3 is 20.4 Å². The molecule has 0 atom stereocenters. The standard InChI is InChI=1S/C21H22N4O3/c1-13-3-4-14(11-19(13)25-8-7-22-21(25)27)20(26)23-12-16-9-15-10-17(28-2)5-6-18(15)24-16/h3-6,9-11,24H,7-8,12H2,1-2H3,(H,22,27)(H,23,26). The lowest BCUT2D eigenvalue weighted by Gasteiger charge is -2.18. The predicted molar refractivity (Wildman–Crippen MR) is 108 cm³/mol. The second-order valence-electron chi connectivity index (χ2n) is 6.82. The van der Waals surface area contributed by atoms with E-state index in [-0.39, 0.29) is 11.9 Å². The van der Waals surface area contributed by atoms with Gasteiger partial charge in [0.2, 0.25) is 0 Å². The van der Waals surface area contributed by atoms with Gasteiger partial charge >= 0.3 is 6.03 Å². The molecule has 2 aromatic carbocycles. The first-order valence-electron chi connectivity index (χ1n) is 9.15. The first-order chi connectivity index (χ1) is 13.5. The van der Waals surface area contributed by atoms with Gasteiger partial charge in [-0.2, -0.15) is 0 Å². The Morgan fingerprint density at radius 2 is 2.07 bits per heavy atom. The monoisotopic (exact) mass is 378 g/mol. The van der Waals surface area contributed by atoms with Gasteiger partial charge in [0.05, 0.1) is 13.7 Å². The Morgan fingerprint density at radius 1 is 1.21 bits per heavy atom. The van der Waals surface area contributed by atoms with Crippen molar-refractivity contribution >= 4 is 28.5 Å². The Bertz CT molecular complexity index is 1060. The number of aryl methyl sites for hydroxylation is 1. The van der Waals surface area contributed by atoms with Crippen molar-refractivity contribution < 1.29 is 14.3 Å². The fourth-order valence-corrected chi connectivity index (χ4v) is 3.41. The van der Waals surface area contributed by atoms with Crippen LogP contribution in [0, 0.1) is 6.92 Å². The molecule has 1 aliphatic heterocycles. The van der Waals surface area contributed by atoms with Crippen molar-refractivity contribution in [1.29, 1.82) is 0 Å². The normalized spacial score (nSPS) is 13.6. The Balaban J connectivity index is 1.49. The quantitative estimate of drug-likeness (QED) is 0.638. The van der Waals surface area contributed by atoms with E-state index in [2.05, 4.69) is 15.6 Å². The molecule has 0 saturated carbocycles. The molecule has 1 aliphatic rings. The van der Waals surface area contributed by atoms with E-state index in [1.807, 2.05) is 37.3 Å². The van der Waals surface area contributed by atoms with Gasteiger partial charge in [-0.15, -0.1) is 0 Å². The third kappa shape index (κ3) is 3.38. The number of amides is 3. The second-order valence-corrected chi connectivity index (χ2v) is 6.82. The van der Waals surface area contributed by atoms with Crippen LogP contribution < -0.4 is 20.3 Å². The summed E-state index contributed by atoms with van der Waals surface area (Å²) >= 11 is 0. The van der Waals surface area contributed by atoms with Crippen molar-refractivity contribution in [2.24, 2.45) is 0 Å². The van der Waals surface area contributed by atoms with Gasteiger partial charge in [-0.3, -0.25) is 9.69 Å². The summed E-state index contributed by atoms with van der Waals surface area (Å²) in [5.74, 6) is 0.609. The summed E-state index contributed by atoms with van der Waals surface area (Å²) in [6.45, 7) is 3.52. The van der Waals surface area contributed by atoms with Gasteiger partial charge in [0.1, 0.15) is 5.75 Å². The molecule has 144 valence electrons. The Morgan fingerprint density at radius 3 is 2.82 bits per heavy atom. The fraction of sp³-hybridized carbons (Fsp3) is 0.238. The van der Waals surface area contributed by atoms with Crippen molar-refractivity contribution in [3.63, 3.8) is 0 Å². The number of nitrogens with zero attached hydrogens (tertiary/aromatic N) is 1. The summed E-state index contributed by atoms with van der Waals surface area (Å²) in [5, 5.41) is 6.75. The largest absolute Gasteiger partial charge is 0.497 e. The first-order valence-corrected chi connectivity index (χ1v) is 9.15. The molecule has 1 saturated heterocycles. The molecular formula is C21H22N4O3. The third-order valence-electron chi connectivity index (χ3n) is 4.94. The molecule has 3 aromatic rings. The number of rotatable bonds is 5. The summed E-state index contributed by atoms with van der Waals surface area (Å²) in [6.07, 6.45) is 0. The molecule has 2 heterocycles. The minimum Gasteiger partial charge on any atom is -0.497 e. The molecule has 0 aliphatic carbocycles. The van der Waals surface area contributed by atoms with E-state index in [1.54, 1.807) is 24.1 Å². The Labute approximate surface area is 162 Å². The van der Waals surface area contributed by atoms with Crippen molar-refractivity contribution in [2.45, 2.75) is 13.5 Å². The average molecular weight is 378 g/mol. The van der Waals surface area contributed by atoms with Crippen molar-refractivity contribution in [3.05, 3.63) is 59.3 Å². The smallest absolute Gasteiger partial charge is 0.322 e. The van der Waals surface area contributed by atoms with Gasteiger partial charge in [0, 0.05) is 40.9 Å². The highest BCUT2D eigenvalue weighted by Crippen LogP contribution is 2.24. The number of ether oxygens (including phenoxy) is 1. The van der Waals surface area contributed by atoms with Gasteiger partial charge in [-0.25, -0.2) is 4.79 Å². The van der Waals surface area contributed by atoms with E-state index in [0.29, 0.717) is 25.2 Å². The molecule has 1 aromatic heterocycles. The molecule has 3 amide bonds. The number of hydrogen-bond acceptors (Lipinski definition) is 3. The fourth-order valence-electron chi connectivity index (χ4n) is 3.41. The van der Waals surface area contributed by atoms with Crippen LogP contribution in [0.3, 0.4) is 0 Å². The van der Waals surface area contributed by atoms with Gasteiger partial charge in [-0.05, 0) is 48.9 Å². The molecule has 0 radical (unpaired) electrons. The predicted octanol–water partition coefficient (Wildman–Crippen LogP) is 2.94. The summed E-state index contributed by atoms with van der Waals surface area (Å²) < 4.78 is 5.24. The molecule has 1 fully saturated rings. The number of H-pyrrole nitrogens is 1. The summed E-state index contributed by atoms with van der Waals surface area (Å²) in [5.41, 5.74) is 4.14. The van der Waals surface area contributed by atoms with Crippen LogP contribution in [0.25, 0.3) is 10.9 Å². The molecule has 28 heavy (non-hydrogen) atoms. The average Bonchev–Trinajstić information content (AvgIpc) is 3.31. The number of nitrogens with one attached hydrogen (secondary N) is 3. The van der Waals surface area contributed by atoms with Crippen LogP contribution in [-0.2, 0) is 6.54 Å². The molecule has 0 spiro atoms. The number of urea groups is 1.